The zero-order valence-electron chi connectivity index (χ0n) is 13.3. The summed E-state index contributed by atoms with van der Waals surface area (Å²) in [6.07, 6.45) is 8.59. The lowest BCUT2D eigenvalue weighted by atomic mass is 9.78. The lowest BCUT2D eigenvalue weighted by Crippen LogP contribution is -2.29. The van der Waals surface area contributed by atoms with E-state index in [0.717, 1.165) is 23.4 Å². The van der Waals surface area contributed by atoms with Crippen LogP contribution in [-0.4, -0.2) is 22.8 Å². The van der Waals surface area contributed by atoms with Crippen LogP contribution in [0.1, 0.15) is 46.0 Å². The van der Waals surface area contributed by atoms with Crippen LogP contribution in [-0.2, 0) is 0 Å². The molecule has 0 aromatic carbocycles. The largest absolute Gasteiger partial charge is 0.369 e. The molecule has 1 heterocycles. The van der Waals surface area contributed by atoms with Crippen LogP contribution < -0.4 is 16.6 Å². The molecule has 1 aliphatic carbocycles. The SMILES string of the molecule is CSc1nc(NN)cc(NCC2(CC(C)C)CCCC2)n1. The Hall–Kier alpha value is -1.01. The molecule has 0 saturated heterocycles. The molecule has 1 fully saturated rings. The van der Waals surface area contributed by atoms with Gasteiger partial charge in [0.1, 0.15) is 11.6 Å². The summed E-state index contributed by atoms with van der Waals surface area (Å²) in [6.45, 7) is 5.61. The van der Waals surface area contributed by atoms with Crippen molar-refractivity contribution in [2.75, 3.05) is 23.5 Å². The molecule has 118 valence electrons. The second-order valence-corrected chi connectivity index (χ2v) is 7.20. The quantitative estimate of drug-likeness (QED) is 0.310. The molecule has 0 aliphatic heterocycles. The van der Waals surface area contributed by atoms with E-state index < -0.39 is 0 Å². The molecule has 0 amide bonds. The molecule has 0 unspecified atom stereocenters. The summed E-state index contributed by atoms with van der Waals surface area (Å²) in [4.78, 5) is 8.81. The number of nitrogens with zero attached hydrogens (tertiary/aromatic N) is 2. The molecule has 1 aliphatic rings. The van der Waals surface area contributed by atoms with E-state index in [0.29, 0.717) is 11.2 Å². The average Bonchev–Trinajstić information content (AvgIpc) is 2.92. The first-order valence-electron chi connectivity index (χ1n) is 7.70. The third-order valence-corrected chi connectivity index (χ3v) is 4.73. The van der Waals surface area contributed by atoms with E-state index >= 15 is 0 Å². The fourth-order valence-corrected chi connectivity index (χ4v) is 3.78. The third kappa shape index (κ3) is 4.48. The van der Waals surface area contributed by atoms with Crippen LogP contribution in [0.3, 0.4) is 0 Å². The van der Waals surface area contributed by atoms with Crippen LogP contribution in [0.15, 0.2) is 11.2 Å². The van der Waals surface area contributed by atoms with Crippen LogP contribution >= 0.6 is 11.8 Å². The number of nitrogen functional groups attached to an aromatic ring is 1. The number of rotatable bonds is 7. The van der Waals surface area contributed by atoms with Gasteiger partial charge in [0, 0.05) is 12.6 Å². The predicted molar refractivity (Wildman–Crippen MR) is 90.5 cm³/mol. The van der Waals surface area contributed by atoms with Crippen molar-refractivity contribution >= 4 is 23.4 Å². The second kappa shape index (κ2) is 7.31. The Labute approximate surface area is 131 Å². The van der Waals surface area contributed by atoms with Gasteiger partial charge in [0.25, 0.3) is 0 Å². The molecular weight excluding hydrogens is 282 g/mol. The number of hydrogen-bond donors (Lipinski definition) is 3. The molecule has 6 heteroatoms. The number of thioether (sulfide) groups is 1. The summed E-state index contributed by atoms with van der Waals surface area (Å²) in [5, 5.41) is 4.26. The molecule has 1 aromatic rings. The van der Waals surface area contributed by atoms with Crippen molar-refractivity contribution in [1.29, 1.82) is 0 Å². The fraction of sp³-hybridized carbons (Fsp3) is 0.733. The Morgan fingerprint density at radius 1 is 1.29 bits per heavy atom. The molecule has 4 N–H and O–H groups in total. The Balaban J connectivity index is 2.06. The molecule has 0 bridgehead atoms. The van der Waals surface area contributed by atoms with E-state index in [9.17, 15) is 0 Å². The number of aromatic nitrogens is 2. The first-order chi connectivity index (χ1) is 10.1. The van der Waals surface area contributed by atoms with Gasteiger partial charge in [-0.3, -0.25) is 0 Å². The molecule has 0 atom stereocenters. The summed E-state index contributed by atoms with van der Waals surface area (Å²) < 4.78 is 0. The summed E-state index contributed by atoms with van der Waals surface area (Å²) >= 11 is 1.52. The summed E-state index contributed by atoms with van der Waals surface area (Å²) in [5.74, 6) is 7.72. The van der Waals surface area contributed by atoms with E-state index in [2.05, 4.69) is 34.6 Å². The van der Waals surface area contributed by atoms with Gasteiger partial charge in [0.2, 0.25) is 0 Å². The number of nitrogens with one attached hydrogen (secondary N) is 2. The van der Waals surface area contributed by atoms with Crippen LogP contribution in [0.25, 0.3) is 0 Å². The topological polar surface area (TPSA) is 75.9 Å². The van der Waals surface area contributed by atoms with Gasteiger partial charge in [-0.25, -0.2) is 15.8 Å². The molecular formula is C15H27N5S. The normalized spacial score (nSPS) is 17.2. The second-order valence-electron chi connectivity index (χ2n) is 6.43. The Morgan fingerprint density at radius 3 is 2.52 bits per heavy atom. The number of hydrogen-bond acceptors (Lipinski definition) is 6. The van der Waals surface area contributed by atoms with Gasteiger partial charge in [-0.05, 0) is 36.9 Å². The maximum absolute atomic E-state index is 5.48. The highest BCUT2D eigenvalue weighted by atomic mass is 32.2. The van der Waals surface area contributed by atoms with E-state index in [1.807, 2.05) is 12.3 Å². The highest BCUT2D eigenvalue weighted by Gasteiger charge is 2.34. The minimum absolute atomic E-state index is 0.426. The zero-order valence-corrected chi connectivity index (χ0v) is 14.1. The van der Waals surface area contributed by atoms with Crippen molar-refractivity contribution < 1.29 is 0 Å². The van der Waals surface area contributed by atoms with E-state index in [1.54, 1.807) is 0 Å². The van der Waals surface area contributed by atoms with Crippen molar-refractivity contribution in [1.82, 2.24) is 9.97 Å². The Kier molecular flexibility index (Phi) is 5.70. The van der Waals surface area contributed by atoms with Gasteiger partial charge in [0.05, 0.1) is 0 Å². The average molecular weight is 309 g/mol. The lowest BCUT2D eigenvalue weighted by Gasteiger charge is -2.31. The molecule has 2 rings (SSSR count). The molecule has 21 heavy (non-hydrogen) atoms. The van der Waals surface area contributed by atoms with Gasteiger partial charge in [0.15, 0.2) is 5.16 Å². The van der Waals surface area contributed by atoms with Crippen LogP contribution in [0.5, 0.6) is 0 Å². The molecule has 5 nitrogen and oxygen atoms in total. The van der Waals surface area contributed by atoms with Crippen molar-refractivity contribution in [3.8, 4) is 0 Å². The highest BCUT2D eigenvalue weighted by Crippen LogP contribution is 2.43. The van der Waals surface area contributed by atoms with Crippen LogP contribution in [0, 0.1) is 11.3 Å². The maximum Gasteiger partial charge on any atom is 0.191 e. The predicted octanol–water partition coefficient (Wildman–Crippen LogP) is 3.50. The van der Waals surface area contributed by atoms with Gasteiger partial charge in [-0.2, -0.15) is 0 Å². The summed E-state index contributed by atoms with van der Waals surface area (Å²) in [5.41, 5.74) is 3.03. The first kappa shape index (κ1) is 16.4. The Morgan fingerprint density at radius 2 is 1.95 bits per heavy atom. The molecule has 0 radical (unpaired) electrons. The summed E-state index contributed by atoms with van der Waals surface area (Å²) in [6, 6.07) is 1.87. The highest BCUT2D eigenvalue weighted by molar-refractivity contribution is 7.98. The lowest BCUT2D eigenvalue weighted by molar-refractivity contribution is 0.252. The van der Waals surface area contributed by atoms with Crippen molar-refractivity contribution in [3.05, 3.63) is 6.07 Å². The Bertz CT molecular complexity index is 435. The van der Waals surface area contributed by atoms with Crippen molar-refractivity contribution in [2.45, 2.75) is 51.1 Å². The fourth-order valence-electron chi connectivity index (χ4n) is 3.40. The number of hydrazine groups is 1. The van der Waals surface area contributed by atoms with E-state index in [4.69, 9.17) is 5.84 Å². The van der Waals surface area contributed by atoms with Gasteiger partial charge in [-0.15, -0.1) is 0 Å². The number of nitrogens with two attached hydrogens (primary N) is 1. The number of anilines is 2. The van der Waals surface area contributed by atoms with Crippen LogP contribution in [0.2, 0.25) is 0 Å². The molecule has 1 saturated carbocycles. The zero-order chi connectivity index (χ0) is 15.3. The smallest absolute Gasteiger partial charge is 0.191 e. The van der Waals surface area contributed by atoms with Gasteiger partial charge >= 0.3 is 0 Å². The van der Waals surface area contributed by atoms with Gasteiger partial charge in [-0.1, -0.05) is 38.5 Å². The van der Waals surface area contributed by atoms with E-state index in [1.165, 1.54) is 43.9 Å². The first-order valence-corrected chi connectivity index (χ1v) is 8.93. The minimum Gasteiger partial charge on any atom is -0.369 e. The van der Waals surface area contributed by atoms with E-state index in [-0.39, 0.29) is 0 Å². The summed E-state index contributed by atoms with van der Waals surface area (Å²) in [7, 11) is 0. The van der Waals surface area contributed by atoms with Crippen LogP contribution in [0.4, 0.5) is 11.6 Å². The minimum atomic E-state index is 0.426. The monoisotopic (exact) mass is 309 g/mol. The molecule has 0 spiro atoms. The standard InChI is InChI=1S/C15H27N5S/c1-11(2)9-15(6-4-5-7-15)10-17-12-8-13(20-16)19-14(18-12)21-3/h8,11H,4-7,9-10,16H2,1-3H3,(H2,17,18,19,20). The molecule has 1 aromatic heterocycles. The van der Waals surface area contributed by atoms with Gasteiger partial charge < -0.3 is 10.7 Å². The third-order valence-electron chi connectivity index (χ3n) is 4.19. The maximum atomic E-state index is 5.48. The van der Waals surface area contributed by atoms with Crippen molar-refractivity contribution in [3.63, 3.8) is 0 Å². The van der Waals surface area contributed by atoms with Crippen molar-refractivity contribution in [2.24, 2.45) is 17.2 Å².